The topological polar surface area (TPSA) is 52.6 Å². The molecule has 0 spiro atoms. The van der Waals surface area contributed by atoms with Crippen LogP contribution < -0.4 is 5.32 Å². The third-order valence-corrected chi connectivity index (χ3v) is 3.07. The average molecular weight is 304 g/mol. The Morgan fingerprint density at radius 2 is 2.00 bits per heavy atom. The van der Waals surface area contributed by atoms with E-state index in [0.717, 1.165) is 6.07 Å². The fourth-order valence-corrected chi connectivity index (χ4v) is 2.00. The minimum Gasteiger partial charge on any atom is -0.395 e. The van der Waals surface area contributed by atoms with Gasteiger partial charge in [0.2, 0.25) is 0 Å². The van der Waals surface area contributed by atoms with Crippen LogP contribution in [0, 0.1) is 0 Å². The second kappa shape index (κ2) is 6.80. The van der Waals surface area contributed by atoms with Crippen LogP contribution in [0.5, 0.6) is 0 Å². The molecule has 0 aliphatic heterocycles. The number of anilines is 1. The second-order valence-corrected chi connectivity index (χ2v) is 4.82. The van der Waals surface area contributed by atoms with E-state index < -0.39 is 17.6 Å². The molecule has 0 radical (unpaired) electrons. The summed E-state index contributed by atoms with van der Waals surface area (Å²) in [5.41, 5.74) is -1.02. The van der Waals surface area contributed by atoms with E-state index in [-0.39, 0.29) is 30.4 Å². The molecule has 118 valence electrons. The summed E-state index contributed by atoms with van der Waals surface area (Å²) in [4.78, 5) is 13.6. The molecule has 7 heteroatoms. The van der Waals surface area contributed by atoms with E-state index in [9.17, 15) is 18.0 Å². The maximum atomic E-state index is 13.0. The zero-order valence-corrected chi connectivity index (χ0v) is 12.2. The third kappa shape index (κ3) is 4.10. The summed E-state index contributed by atoms with van der Waals surface area (Å²) in [6, 6.07) is 3.19. The second-order valence-electron chi connectivity index (χ2n) is 4.82. The average Bonchev–Trinajstić information content (AvgIpc) is 2.42. The van der Waals surface area contributed by atoms with Gasteiger partial charge in [-0.1, -0.05) is 0 Å². The van der Waals surface area contributed by atoms with Crippen molar-refractivity contribution in [1.29, 1.82) is 0 Å². The molecule has 4 nitrogen and oxygen atoms in total. The van der Waals surface area contributed by atoms with Gasteiger partial charge in [0.05, 0.1) is 12.2 Å². The molecule has 1 amide bonds. The Kier molecular flexibility index (Phi) is 5.60. The van der Waals surface area contributed by atoms with Crippen LogP contribution in [0.15, 0.2) is 18.2 Å². The molecule has 1 aromatic carbocycles. The van der Waals surface area contributed by atoms with Crippen LogP contribution in [0.25, 0.3) is 0 Å². The number of rotatable bonds is 5. The van der Waals surface area contributed by atoms with Crippen LogP contribution in [0.1, 0.15) is 29.8 Å². The third-order valence-electron chi connectivity index (χ3n) is 3.07. The summed E-state index contributed by atoms with van der Waals surface area (Å²) < 4.78 is 38.9. The Hall–Kier alpha value is -1.76. The van der Waals surface area contributed by atoms with E-state index in [1.807, 2.05) is 0 Å². The predicted molar refractivity (Wildman–Crippen MR) is 74.2 cm³/mol. The summed E-state index contributed by atoms with van der Waals surface area (Å²) in [5, 5.41) is 11.4. The Bertz CT molecular complexity index is 501. The summed E-state index contributed by atoms with van der Waals surface area (Å²) in [6.07, 6.45) is -4.55. The zero-order valence-electron chi connectivity index (χ0n) is 12.2. The Balaban J connectivity index is 3.22. The van der Waals surface area contributed by atoms with Crippen molar-refractivity contribution in [2.24, 2.45) is 0 Å². The van der Waals surface area contributed by atoms with Crippen molar-refractivity contribution in [2.75, 3.05) is 25.5 Å². The van der Waals surface area contributed by atoms with Crippen LogP contribution >= 0.6 is 0 Å². The van der Waals surface area contributed by atoms with Gasteiger partial charge in [-0.05, 0) is 32.0 Å². The van der Waals surface area contributed by atoms with Crippen molar-refractivity contribution in [3.63, 3.8) is 0 Å². The number of hydrogen-bond acceptors (Lipinski definition) is 3. The molecule has 0 aliphatic carbocycles. The van der Waals surface area contributed by atoms with Gasteiger partial charge in [0.15, 0.2) is 0 Å². The van der Waals surface area contributed by atoms with Gasteiger partial charge in [-0.2, -0.15) is 13.2 Å². The Labute approximate surface area is 121 Å². The number of carbonyl (C=O) groups excluding carboxylic acids is 1. The SMILES string of the molecule is CNc1ccc(C(=O)N(CCO)C(C)C)cc1C(F)(F)F. The summed E-state index contributed by atoms with van der Waals surface area (Å²) in [6.45, 7) is 3.30. The molecule has 0 atom stereocenters. The first-order valence-corrected chi connectivity index (χ1v) is 6.53. The van der Waals surface area contributed by atoms with Gasteiger partial charge >= 0.3 is 6.18 Å². The number of amides is 1. The molecule has 0 saturated heterocycles. The minimum absolute atomic E-state index is 0.0523. The molecule has 1 rings (SSSR count). The zero-order chi connectivity index (χ0) is 16.2. The monoisotopic (exact) mass is 304 g/mol. The first-order valence-electron chi connectivity index (χ1n) is 6.53. The van der Waals surface area contributed by atoms with Crippen molar-refractivity contribution >= 4 is 11.6 Å². The van der Waals surface area contributed by atoms with E-state index >= 15 is 0 Å². The maximum absolute atomic E-state index is 13.0. The molecule has 0 heterocycles. The van der Waals surface area contributed by atoms with E-state index in [0.29, 0.717) is 0 Å². The van der Waals surface area contributed by atoms with E-state index in [2.05, 4.69) is 5.32 Å². The largest absolute Gasteiger partial charge is 0.418 e. The number of benzene rings is 1. The van der Waals surface area contributed by atoms with Crippen LogP contribution in [-0.4, -0.2) is 42.2 Å². The van der Waals surface area contributed by atoms with Crippen LogP contribution in [0.4, 0.5) is 18.9 Å². The fraction of sp³-hybridized carbons (Fsp3) is 0.500. The number of alkyl halides is 3. The summed E-state index contributed by atoms with van der Waals surface area (Å²) >= 11 is 0. The molecule has 2 N–H and O–H groups in total. The lowest BCUT2D eigenvalue weighted by Gasteiger charge is -2.26. The van der Waals surface area contributed by atoms with E-state index in [1.54, 1.807) is 13.8 Å². The Morgan fingerprint density at radius 3 is 2.43 bits per heavy atom. The summed E-state index contributed by atoms with van der Waals surface area (Å²) in [5.74, 6) is -0.535. The molecule has 0 unspecified atom stereocenters. The molecular weight excluding hydrogens is 285 g/mol. The normalized spacial score (nSPS) is 11.6. The quantitative estimate of drug-likeness (QED) is 0.879. The minimum atomic E-state index is -4.55. The first kappa shape index (κ1) is 17.3. The lowest BCUT2D eigenvalue weighted by Crippen LogP contribution is -2.39. The van der Waals surface area contributed by atoms with Crippen LogP contribution in [0.3, 0.4) is 0 Å². The number of hydrogen-bond donors (Lipinski definition) is 2. The molecule has 1 aromatic rings. The van der Waals surface area contributed by atoms with E-state index in [4.69, 9.17) is 5.11 Å². The highest BCUT2D eigenvalue weighted by Crippen LogP contribution is 2.35. The standard InChI is InChI=1S/C14H19F3N2O2/c1-9(2)19(6-7-20)13(21)10-4-5-12(18-3)11(8-10)14(15,16)17/h4-5,8-9,18,20H,6-7H2,1-3H3. The van der Waals surface area contributed by atoms with Gasteiger partial charge in [0.1, 0.15) is 0 Å². The molecule has 0 saturated carbocycles. The number of aliphatic hydroxyl groups is 1. The van der Waals surface area contributed by atoms with Crippen molar-refractivity contribution < 1.29 is 23.1 Å². The van der Waals surface area contributed by atoms with Crippen molar-refractivity contribution in [2.45, 2.75) is 26.1 Å². The lowest BCUT2D eigenvalue weighted by molar-refractivity contribution is -0.137. The molecule has 0 aliphatic rings. The molecule has 0 fully saturated rings. The Morgan fingerprint density at radius 1 is 1.38 bits per heavy atom. The van der Waals surface area contributed by atoms with Gasteiger partial charge in [-0.3, -0.25) is 4.79 Å². The highest BCUT2D eigenvalue weighted by molar-refractivity contribution is 5.95. The van der Waals surface area contributed by atoms with Crippen molar-refractivity contribution in [1.82, 2.24) is 4.90 Å². The van der Waals surface area contributed by atoms with Crippen molar-refractivity contribution in [3.8, 4) is 0 Å². The van der Waals surface area contributed by atoms with Crippen molar-refractivity contribution in [3.05, 3.63) is 29.3 Å². The number of nitrogens with zero attached hydrogens (tertiary/aromatic N) is 1. The summed E-state index contributed by atoms with van der Waals surface area (Å²) in [7, 11) is 1.39. The molecular formula is C14H19F3N2O2. The highest BCUT2D eigenvalue weighted by Gasteiger charge is 2.34. The van der Waals surface area contributed by atoms with E-state index in [1.165, 1.54) is 24.1 Å². The number of aliphatic hydroxyl groups excluding tert-OH is 1. The molecule has 0 aromatic heterocycles. The van der Waals surface area contributed by atoms with Crippen LogP contribution in [0.2, 0.25) is 0 Å². The predicted octanol–water partition coefficient (Wildman–Crippen LogP) is 2.59. The maximum Gasteiger partial charge on any atom is 0.418 e. The number of nitrogens with one attached hydrogen (secondary N) is 1. The van der Waals surface area contributed by atoms with Crippen LogP contribution in [-0.2, 0) is 6.18 Å². The lowest BCUT2D eigenvalue weighted by atomic mass is 10.1. The van der Waals surface area contributed by atoms with Gasteiger partial charge in [0.25, 0.3) is 5.91 Å². The van der Waals surface area contributed by atoms with Gasteiger partial charge < -0.3 is 15.3 Å². The smallest absolute Gasteiger partial charge is 0.395 e. The number of carbonyl (C=O) groups is 1. The van der Waals surface area contributed by atoms with Gasteiger partial charge in [0, 0.05) is 30.9 Å². The molecule has 0 bridgehead atoms. The fourth-order valence-electron chi connectivity index (χ4n) is 2.00. The number of halogens is 3. The highest BCUT2D eigenvalue weighted by atomic mass is 19.4. The van der Waals surface area contributed by atoms with Gasteiger partial charge in [-0.25, -0.2) is 0 Å². The molecule has 21 heavy (non-hydrogen) atoms. The van der Waals surface area contributed by atoms with Gasteiger partial charge in [-0.15, -0.1) is 0 Å². The first-order chi connectivity index (χ1) is 9.72.